The summed E-state index contributed by atoms with van der Waals surface area (Å²) in [5.41, 5.74) is 0.716. The number of aliphatic hydroxyl groups is 1. The number of hydrogen-bond acceptors (Lipinski definition) is 6. The molecule has 0 aromatic heterocycles. The van der Waals surface area contributed by atoms with E-state index in [0.29, 0.717) is 12.1 Å². The van der Waals surface area contributed by atoms with E-state index in [0.717, 1.165) is 36.5 Å². The Labute approximate surface area is 273 Å². The summed E-state index contributed by atoms with van der Waals surface area (Å²) in [5, 5.41) is 12.6. The highest BCUT2D eigenvalue weighted by Crippen LogP contribution is 2.68. The van der Waals surface area contributed by atoms with Crippen LogP contribution in [0.3, 0.4) is 0 Å². The number of carbonyl (C=O) groups is 3. The van der Waals surface area contributed by atoms with Gasteiger partial charge in [-0.1, -0.05) is 78.7 Å². The molecule has 236 valence electrons. The van der Waals surface area contributed by atoms with Crippen LogP contribution in [0.4, 0.5) is 5.69 Å². The fourth-order valence-electron chi connectivity index (χ4n) is 7.39. The molecule has 8 atom stereocenters. The van der Waals surface area contributed by atoms with Crippen molar-refractivity contribution in [1.29, 1.82) is 0 Å². The zero-order valence-electron chi connectivity index (χ0n) is 25.6. The van der Waals surface area contributed by atoms with E-state index in [-0.39, 0.29) is 53.5 Å². The second-order valence-electron chi connectivity index (χ2n) is 12.3. The normalized spacial score (nSPS) is 28.5. The van der Waals surface area contributed by atoms with Crippen molar-refractivity contribution in [2.45, 2.75) is 72.9 Å². The third-order valence-corrected chi connectivity index (χ3v) is 13.0. The molecule has 3 fully saturated rings. The van der Waals surface area contributed by atoms with Crippen molar-refractivity contribution in [2.24, 2.45) is 17.8 Å². The minimum Gasteiger partial charge on any atom is -0.465 e. The molecule has 1 spiro atoms. The van der Waals surface area contributed by atoms with Gasteiger partial charge in [0.25, 0.3) is 5.91 Å². The van der Waals surface area contributed by atoms with Crippen molar-refractivity contribution < 1.29 is 24.2 Å². The van der Waals surface area contributed by atoms with E-state index in [2.05, 4.69) is 29.1 Å². The number of amides is 2. The van der Waals surface area contributed by atoms with Gasteiger partial charge in [-0.2, -0.15) is 0 Å². The molecule has 2 aromatic rings. The molecule has 3 aliphatic heterocycles. The molecule has 0 radical (unpaired) electrons. The van der Waals surface area contributed by atoms with E-state index in [1.165, 1.54) is 0 Å². The van der Waals surface area contributed by atoms with Crippen molar-refractivity contribution in [1.82, 2.24) is 4.90 Å². The van der Waals surface area contributed by atoms with Gasteiger partial charge in [0.15, 0.2) is 0 Å². The summed E-state index contributed by atoms with van der Waals surface area (Å²) in [6.07, 6.45) is 7.27. The average Bonchev–Trinajstić information content (AvgIpc) is 3.62. The third-order valence-electron chi connectivity index (χ3n) is 9.75. The van der Waals surface area contributed by atoms with Crippen LogP contribution in [-0.4, -0.2) is 74.5 Å². The topological polar surface area (TPSA) is 87.1 Å². The first-order chi connectivity index (χ1) is 21.2. The molecule has 1 N–H and O–H groups in total. The Kier molecular flexibility index (Phi) is 10.3. The number of nitrogens with zero attached hydrogens (tertiary/aromatic N) is 2. The molecule has 0 saturated carbocycles. The number of ether oxygens (including phenoxy) is 1. The molecule has 3 saturated heterocycles. The Balaban J connectivity index is 1.56. The fourth-order valence-corrected chi connectivity index (χ4v) is 11.0. The van der Waals surface area contributed by atoms with E-state index in [9.17, 15) is 19.5 Å². The van der Waals surface area contributed by atoms with Crippen LogP contribution in [0.25, 0.3) is 10.8 Å². The predicted octanol–water partition coefficient (Wildman–Crippen LogP) is 6.13. The molecule has 9 heteroatoms. The zero-order valence-corrected chi connectivity index (χ0v) is 28.0. The van der Waals surface area contributed by atoms with Crippen molar-refractivity contribution in [3.63, 3.8) is 0 Å². The molecular weight excluding hydrogens is 640 g/mol. The lowest BCUT2D eigenvalue weighted by atomic mass is 9.71. The summed E-state index contributed by atoms with van der Waals surface area (Å²) in [4.78, 5) is 46.6. The highest BCUT2D eigenvalue weighted by molar-refractivity contribution is 9.09. The van der Waals surface area contributed by atoms with Crippen molar-refractivity contribution in [3.8, 4) is 0 Å². The molecule has 3 aliphatic rings. The first kappa shape index (κ1) is 32.8. The van der Waals surface area contributed by atoms with Gasteiger partial charge in [-0.15, -0.1) is 24.9 Å². The number of likely N-dealkylation sites (tertiary alicyclic amines) is 1. The maximum atomic E-state index is 15.0. The van der Waals surface area contributed by atoms with Gasteiger partial charge in [0.05, 0.1) is 35.8 Å². The van der Waals surface area contributed by atoms with E-state index >= 15 is 0 Å². The van der Waals surface area contributed by atoms with Crippen LogP contribution in [-0.2, 0) is 19.1 Å². The minimum atomic E-state index is -0.863. The summed E-state index contributed by atoms with van der Waals surface area (Å²) in [7, 11) is 0. The molecule has 2 bridgehead atoms. The average molecular weight is 684 g/mol. The maximum absolute atomic E-state index is 15.0. The van der Waals surface area contributed by atoms with E-state index in [1.807, 2.05) is 62.4 Å². The third kappa shape index (κ3) is 5.64. The van der Waals surface area contributed by atoms with Crippen LogP contribution in [0.2, 0.25) is 0 Å². The summed E-state index contributed by atoms with van der Waals surface area (Å²) in [5.74, 6) is -2.26. The number of rotatable bonds is 14. The number of thioether (sulfide) groups is 1. The standard InChI is InChI=1S/C35H43BrN2O5S/c1-5-8-9-12-18-43-34(42)28-29-32(40)38(27(21-39)22(4)7-3)31(35(29)20-26(36)30(28)44-35)33(41)37(17-6-2)25-16-15-23-13-10-11-14-24(23)19-25/h5-6,10-11,13-16,19,22,26-31,39H,1-2,7-9,12,17-18,20-21H2,3-4H3/t22-,26?,27-,28-,29-,30-,31?,35?/m0/s1. The van der Waals surface area contributed by atoms with Gasteiger partial charge in [-0.05, 0) is 54.5 Å². The SMILES string of the molecule is C=CCCCCOC(=O)[C@H]1[C@H]2C(=O)N([C@@H](CO)[C@@H](C)CC)C(C(=O)N(CC=C)c3ccc4ccccc4c3)C23CC(Br)[C@@H]1S3. The lowest BCUT2D eigenvalue weighted by Gasteiger charge is -2.41. The molecule has 3 heterocycles. The van der Waals surface area contributed by atoms with Gasteiger partial charge < -0.3 is 19.6 Å². The van der Waals surface area contributed by atoms with Gasteiger partial charge in [0.1, 0.15) is 6.04 Å². The highest BCUT2D eigenvalue weighted by atomic mass is 79.9. The molecule has 3 unspecified atom stereocenters. The predicted molar refractivity (Wildman–Crippen MR) is 181 cm³/mol. The van der Waals surface area contributed by atoms with Crippen molar-refractivity contribution >= 4 is 61.9 Å². The van der Waals surface area contributed by atoms with Gasteiger partial charge in [-0.25, -0.2) is 0 Å². The van der Waals surface area contributed by atoms with E-state index < -0.39 is 28.7 Å². The van der Waals surface area contributed by atoms with Gasteiger partial charge in [0.2, 0.25) is 5.91 Å². The van der Waals surface area contributed by atoms with Crippen LogP contribution in [0.5, 0.6) is 0 Å². The quantitative estimate of drug-likeness (QED) is 0.112. The largest absolute Gasteiger partial charge is 0.465 e. The Morgan fingerprint density at radius 1 is 1.20 bits per heavy atom. The van der Waals surface area contributed by atoms with Gasteiger partial charge in [0, 0.05) is 22.3 Å². The van der Waals surface area contributed by atoms with Crippen LogP contribution < -0.4 is 4.90 Å². The number of fused-ring (bicyclic) bond motifs is 2. The summed E-state index contributed by atoms with van der Waals surface area (Å²) < 4.78 is 4.94. The number of hydrogen-bond donors (Lipinski definition) is 1. The minimum absolute atomic E-state index is 0.0553. The Hall–Kier alpha value is -2.62. The number of aliphatic hydroxyl groups excluding tert-OH is 1. The molecule has 5 rings (SSSR count). The number of alkyl halides is 1. The number of halogens is 1. The zero-order chi connectivity index (χ0) is 31.6. The van der Waals surface area contributed by atoms with Crippen LogP contribution in [0.15, 0.2) is 67.8 Å². The molecule has 44 heavy (non-hydrogen) atoms. The Bertz CT molecular complexity index is 1420. The first-order valence-corrected chi connectivity index (χ1v) is 17.5. The second kappa shape index (κ2) is 13.8. The number of allylic oxidation sites excluding steroid dienone is 1. The molecule has 2 aromatic carbocycles. The second-order valence-corrected chi connectivity index (χ2v) is 15.0. The van der Waals surface area contributed by atoms with Crippen molar-refractivity contribution in [2.75, 3.05) is 24.7 Å². The number of unbranched alkanes of at least 4 members (excludes halogenated alkanes) is 2. The van der Waals surface area contributed by atoms with Crippen LogP contribution >= 0.6 is 27.7 Å². The lowest BCUT2D eigenvalue weighted by molar-refractivity contribution is -0.154. The van der Waals surface area contributed by atoms with Crippen molar-refractivity contribution in [3.05, 3.63) is 67.8 Å². The monoisotopic (exact) mass is 682 g/mol. The summed E-state index contributed by atoms with van der Waals surface area (Å²) in [6.45, 7) is 12.0. The Morgan fingerprint density at radius 3 is 2.64 bits per heavy atom. The smallest absolute Gasteiger partial charge is 0.310 e. The first-order valence-electron chi connectivity index (χ1n) is 15.7. The highest BCUT2D eigenvalue weighted by Gasteiger charge is 2.77. The molecule has 0 aliphatic carbocycles. The number of benzene rings is 2. The fraction of sp³-hybridized carbons (Fsp3) is 0.514. The summed E-state index contributed by atoms with van der Waals surface area (Å²) >= 11 is 5.42. The molecule has 2 amide bonds. The van der Waals surface area contributed by atoms with E-state index in [1.54, 1.807) is 27.6 Å². The summed E-state index contributed by atoms with van der Waals surface area (Å²) in [6, 6.07) is 12.5. The molecule has 7 nitrogen and oxygen atoms in total. The number of carbonyl (C=O) groups excluding carboxylic acids is 3. The van der Waals surface area contributed by atoms with E-state index in [4.69, 9.17) is 4.74 Å². The van der Waals surface area contributed by atoms with Crippen LogP contribution in [0.1, 0.15) is 46.0 Å². The lowest BCUT2D eigenvalue weighted by Crippen LogP contribution is -2.59. The number of anilines is 1. The number of esters is 1. The van der Waals surface area contributed by atoms with Crippen LogP contribution in [0, 0.1) is 17.8 Å². The van der Waals surface area contributed by atoms with Gasteiger partial charge in [-0.3, -0.25) is 14.4 Å². The van der Waals surface area contributed by atoms with Gasteiger partial charge >= 0.3 is 5.97 Å². The maximum Gasteiger partial charge on any atom is 0.310 e. The molecular formula is C35H43BrN2O5S. The Morgan fingerprint density at radius 2 is 1.95 bits per heavy atom.